The molecule has 0 unspecified atom stereocenters. The maximum Gasteiger partial charge on any atom is 0.416 e. The Morgan fingerprint density at radius 1 is 1.26 bits per heavy atom. The summed E-state index contributed by atoms with van der Waals surface area (Å²) in [5.41, 5.74) is -0.297. The second-order valence-corrected chi connectivity index (χ2v) is 4.09. The molecule has 100 valence electrons. The van der Waals surface area contributed by atoms with Crippen LogP contribution in [0.5, 0.6) is 0 Å². The number of Topliss-reactive ketones (excluding diaryl/α,β-unsaturated/α-hetero) is 1. The SMILES string of the molecule is CC(=O)Cc1cnc(-c2ccc(C(F)(F)F)cc2)o1. The number of carbonyl (C=O) groups excluding carboxylic acids is 1. The summed E-state index contributed by atoms with van der Waals surface area (Å²) in [7, 11) is 0. The van der Waals surface area contributed by atoms with Gasteiger partial charge in [0.15, 0.2) is 0 Å². The number of benzene rings is 1. The van der Waals surface area contributed by atoms with E-state index < -0.39 is 11.7 Å². The molecule has 0 bridgehead atoms. The Balaban J connectivity index is 2.23. The molecule has 1 aromatic carbocycles. The summed E-state index contributed by atoms with van der Waals surface area (Å²) in [5, 5.41) is 0. The fourth-order valence-electron chi connectivity index (χ4n) is 1.57. The van der Waals surface area contributed by atoms with Crippen LogP contribution >= 0.6 is 0 Å². The van der Waals surface area contributed by atoms with Gasteiger partial charge in [0.25, 0.3) is 0 Å². The van der Waals surface area contributed by atoms with Gasteiger partial charge in [-0.2, -0.15) is 13.2 Å². The first-order valence-electron chi connectivity index (χ1n) is 5.48. The van der Waals surface area contributed by atoms with Gasteiger partial charge in [-0.05, 0) is 31.2 Å². The van der Waals surface area contributed by atoms with Crippen LogP contribution in [-0.4, -0.2) is 10.8 Å². The van der Waals surface area contributed by atoms with Crippen molar-refractivity contribution in [3.05, 3.63) is 41.8 Å². The molecule has 0 fully saturated rings. The van der Waals surface area contributed by atoms with E-state index in [0.29, 0.717) is 11.3 Å². The van der Waals surface area contributed by atoms with Gasteiger partial charge in [0.1, 0.15) is 11.5 Å². The lowest BCUT2D eigenvalue weighted by atomic mass is 10.1. The van der Waals surface area contributed by atoms with E-state index in [-0.39, 0.29) is 18.1 Å². The Morgan fingerprint density at radius 3 is 2.42 bits per heavy atom. The number of rotatable bonds is 3. The Labute approximate surface area is 107 Å². The van der Waals surface area contributed by atoms with Gasteiger partial charge >= 0.3 is 6.18 Å². The third kappa shape index (κ3) is 3.21. The number of carbonyl (C=O) groups is 1. The first-order chi connectivity index (χ1) is 8.86. The molecule has 0 N–H and O–H groups in total. The Hall–Kier alpha value is -2.11. The Morgan fingerprint density at radius 2 is 1.89 bits per heavy atom. The molecule has 2 rings (SSSR count). The number of hydrogen-bond acceptors (Lipinski definition) is 3. The van der Waals surface area contributed by atoms with Crippen LogP contribution in [0.2, 0.25) is 0 Å². The van der Waals surface area contributed by atoms with Crippen LogP contribution in [-0.2, 0) is 17.4 Å². The minimum Gasteiger partial charge on any atom is -0.441 e. The van der Waals surface area contributed by atoms with Crippen LogP contribution in [0.1, 0.15) is 18.2 Å². The molecular weight excluding hydrogens is 259 g/mol. The van der Waals surface area contributed by atoms with Crippen molar-refractivity contribution in [2.45, 2.75) is 19.5 Å². The topological polar surface area (TPSA) is 43.1 Å². The molecule has 3 nitrogen and oxygen atoms in total. The summed E-state index contributed by atoms with van der Waals surface area (Å²) in [6.07, 6.45) is -2.85. The van der Waals surface area contributed by atoms with Gasteiger partial charge in [0, 0.05) is 5.56 Å². The normalized spacial score (nSPS) is 11.6. The molecule has 2 aromatic rings. The zero-order valence-electron chi connectivity index (χ0n) is 9.99. The van der Waals surface area contributed by atoms with E-state index in [1.807, 2.05) is 0 Å². The lowest BCUT2D eigenvalue weighted by molar-refractivity contribution is -0.137. The van der Waals surface area contributed by atoms with Gasteiger partial charge < -0.3 is 4.42 Å². The van der Waals surface area contributed by atoms with E-state index in [9.17, 15) is 18.0 Å². The smallest absolute Gasteiger partial charge is 0.416 e. The summed E-state index contributed by atoms with van der Waals surface area (Å²) < 4.78 is 42.5. The maximum atomic E-state index is 12.4. The maximum absolute atomic E-state index is 12.4. The zero-order chi connectivity index (χ0) is 14.0. The molecule has 0 saturated heterocycles. The molecule has 19 heavy (non-hydrogen) atoms. The molecule has 0 spiro atoms. The molecule has 1 heterocycles. The van der Waals surface area contributed by atoms with Crippen molar-refractivity contribution in [2.75, 3.05) is 0 Å². The zero-order valence-corrected chi connectivity index (χ0v) is 9.99. The summed E-state index contributed by atoms with van der Waals surface area (Å²) in [5.74, 6) is 0.516. The number of halogens is 3. The number of hydrogen-bond donors (Lipinski definition) is 0. The van der Waals surface area contributed by atoms with Crippen molar-refractivity contribution in [1.29, 1.82) is 0 Å². The molecule has 0 aliphatic heterocycles. The van der Waals surface area contributed by atoms with Crippen LogP contribution in [0, 0.1) is 0 Å². The number of ketones is 1. The van der Waals surface area contributed by atoms with Crippen LogP contribution in [0.4, 0.5) is 13.2 Å². The number of alkyl halides is 3. The van der Waals surface area contributed by atoms with Gasteiger partial charge in [0.2, 0.25) is 5.89 Å². The molecule has 0 atom stereocenters. The van der Waals surface area contributed by atoms with Crippen molar-refractivity contribution in [2.24, 2.45) is 0 Å². The molecule has 0 saturated carbocycles. The highest BCUT2D eigenvalue weighted by atomic mass is 19.4. The van der Waals surface area contributed by atoms with E-state index >= 15 is 0 Å². The minimum atomic E-state index is -4.37. The lowest BCUT2D eigenvalue weighted by Gasteiger charge is -2.06. The highest BCUT2D eigenvalue weighted by Crippen LogP contribution is 2.30. The molecule has 1 aromatic heterocycles. The fourth-order valence-corrected chi connectivity index (χ4v) is 1.57. The highest BCUT2D eigenvalue weighted by Gasteiger charge is 2.30. The molecule has 0 aliphatic carbocycles. The van der Waals surface area contributed by atoms with E-state index in [1.165, 1.54) is 25.3 Å². The average Bonchev–Trinajstić information content (AvgIpc) is 2.75. The van der Waals surface area contributed by atoms with Crippen molar-refractivity contribution in [3.8, 4) is 11.5 Å². The highest BCUT2D eigenvalue weighted by molar-refractivity contribution is 5.77. The summed E-state index contributed by atoms with van der Waals surface area (Å²) >= 11 is 0. The van der Waals surface area contributed by atoms with Gasteiger partial charge in [-0.25, -0.2) is 4.98 Å². The quantitative estimate of drug-likeness (QED) is 0.856. The van der Waals surface area contributed by atoms with E-state index in [4.69, 9.17) is 4.42 Å². The molecule has 0 aliphatic rings. The second kappa shape index (κ2) is 4.87. The lowest BCUT2D eigenvalue weighted by Crippen LogP contribution is -2.03. The predicted molar refractivity (Wildman–Crippen MR) is 61.3 cm³/mol. The van der Waals surface area contributed by atoms with Crippen molar-refractivity contribution in [3.63, 3.8) is 0 Å². The first-order valence-corrected chi connectivity index (χ1v) is 5.48. The standard InChI is InChI=1S/C13H10F3NO2/c1-8(18)6-11-7-17-12(19-11)9-2-4-10(5-3-9)13(14,15)16/h2-5,7H,6H2,1H3. The van der Waals surface area contributed by atoms with E-state index in [0.717, 1.165) is 12.1 Å². The molecule has 0 radical (unpaired) electrons. The van der Waals surface area contributed by atoms with Crippen molar-refractivity contribution < 1.29 is 22.4 Å². The van der Waals surface area contributed by atoms with Gasteiger partial charge in [-0.3, -0.25) is 4.79 Å². The fraction of sp³-hybridized carbons (Fsp3) is 0.231. The van der Waals surface area contributed by atoms with Crippen molar-refractivity contribution in [1.82, 2.24) is 4.98 Å². The van der Waals surface area contributed by atoms with Gasteiger partial charge in [0.05, 0.1) is 18.2 Å². The predicted octanol–water partition coefficient (Wildman–Crippen LogP) is 3.49. The third-order valence-corrected chi connectivity index (χ3v) is 2.44. The van der Waals surface area contributed by atoms with Crippen molar-refractivity contribution >= 4 is 5.78 Å². The molecular formula is C13H10F3NO2. The number of aromatic nitrogens is 1. The Bertz CT molecular complexity index is 585. The summed E-state index contributed by atoms with van der Waals surface area (Å²) in [6, 6.07) is 4.49. The molecule has 6 heteroatoms. The number of oxazole rings is 1. The van der Waals surface area contributed by atoms with Crippen LogP contribution in [0.15, 0.2) is 34.9 Å². The third-order valence-electron chi connectivity index (χ3n) is 2.44. The van der Waals surface area contributed by atoms with E-state index in [1.54, 1.807) is 0 Å². The number of nitrogens with zero attached hydrogens (tertiary/aromatic N) is 1. The first kappa shape index (κ1) is 13.3. The molecule has 0 amide bonds. The second-order valence-electron chi connectivity index (χ2n) is 4.09. The average molecular weight is 269 g/mol. The van der Waals surface area contributed by atoms with Gasteiger partial charge in [-0.15, -0.1) is 0 Å². The van der Waals surface area contributed by atoms with Gasteiger partial charge in [-0.1, -0.05) is 0 Å². The monoisotopic (exact) mass is 269 g/mol. The summed E-state index contributed by atoms with van der Waals surface area (Å²) in [6.45, 7) is 1.42. The summed E-state index contributed by atoms with van der Waals surface area (Å²) in [4.78, 5) is 14.8. The van der Waals surface area contributed by atoms with Crippen LogP contribution in [0.25, 0.3) is 11.5 Å². The van der Waals surface area contributed by atoms with Crippen LogP contribution < -0.4 is 0 Å². The van der Waals surface area contributed by atoms with Crippen LogP contribution in [0.3, 0.4) is 0 Å². The van der Waals surface area contributed by atoms with E-state index in [2.05, 4.69) is 4.98 Å². The minimum absolute atomic E-state index is 0.0740. The Kier molecular flexibility index (Phi) is 3.42. The largest absolute Gasteiger partial charge is 0.441 e.